The van der Waals surface area contributed by atoms with Crippen molar-refractivity contribution in [3.63, 3.8) is 0 Å². The van der Waals surface area contributed by atoms with Crippen LogP contribution in [0, 0.1) is 0 Å². The highest BCUT2D eigenvalue weighted by atomic mass is 32.2. The highest BCUT2D eigenvalue weighted by Crippen LogP contribution is 2.20. The SMILES string of the molecule is CCCC.CCSC.O=C(O)CNC(=O)CN(CCNC(=O)[C@@H]1CCC(=O)N1)Cc1cccc2ccccc12. The Bertz CT molecular complexity index is 1040. The maximum Gasteiger partial charge on any atom is 0.322 e. The molecule has 216 valence electrons. The predicted molar refractivity (Wildman–Crippen MR) is 159 cm³/mol. The number of unbranched alkanes of at least 4 members (excludes halogenated alkanes) is 1. The number of aliphatic carboxylic acids is 1. The fraction of sp³-hybridized carbons (Fsp3) is 0.517. The van der Waals surface area contributed by atoms with Crippen molar-refractivity contribution < 1.29 is 24.3 Å². The molecule has 0 bridgehead atoms. The number of carboxylic acid groups (broad SMARTS) is 1. The lowest BCUT2D eigenvalue weighted by atomic mass is 10.0. The van der Waals surface area contributed by atoms with Gasteiger partial charge in [0.2, 0.25) is 17.7 Å². The fourth-order valence-corrected chi connectivity index (χ4v) is 3.59. The Balaban J connectivity index is 0.000000838. The van der Waals surface area contributed by atoms with Gasteiger partial charge in [0.05, 0.1) is 6.54 Å². The van der Waals surface area contributed by atoms with E-state index in [-0.39, 0.29) is 18.4 Å². The molecule has 1 aliphatic rings. The number of hydrogen-bond acceptors (Lipinski definition) is 6. The molecule has 9 nitrogen and oxygen atoms in total. The molecule has 2 aromatic carbocycles. The van der Waals surface area contributed by atoms with Crippen LogP contribution in [0.4, 0.5) is 0 Å². The van der Waals surface area contributed by atoms with Crippen molar-refractivity contribution >= 4 is 46.2 Å². The molecule has 1 heterocycles. The zero-order valence-electron chi connectivity index (χ0n) is 23.6. The van der Waals surface area contributed by atoms with Crippen molar-refractivity contribution in [2.45, 2.75) is 59.0 Å². The van der Waals surface area contributed by atoms with Crippen LogP contribution in [0.2, 0.25) is 0 Å². The second-order valence-corrected chi connectivity index (χ2v) is 10.2. The first-order chi connectivity index (χ1) is 18.7. The molecule has 3 rings (SSSR count). The van der Waals surface area contributed by atoms with E-state index in [1.165, 1.54) is 18.6 Å². The van der Waals surface area contributed by atoms with Crippen molar-refractivity contribution in [1.29, 1.82) is 0 Å². The molecule has 4 N–H and O–H groups in total. The first-order valence-corrected chi connectivity index (χ1v) is 14.9. The Kier molecular flexibility index (Phi) is 17.3. The van der Waals surface area contributed by atoms with Gasteiger partial charge in [-0.1, -0.05) is 76.1 Å². The quantitative estimate of drug-likeness (QED) is 0.313. The molecule has 3 amide bonds. The van der Waals surface area contributed by atoms with Gasteiger partial charge >= 0.3 is 5.97 Å². The molecule has 0 saturated carbocycles. The third-order valence-electron chi connectivity index (χ3n) is 5.91. The third-order valence-corrected chi connectivity index (χ3v) is 6.48. The Hall–Kier alpha value is -3.11. The van der Waals surface area contributed by atoms with Crippen LogP contribution >= 0.6 is 11.8 Å². The summed E-state index contributed by atoms with van der Waals surface area (Å²) < 4.78 is 0. The molecule has 0 radical (unpaired) electrons. The Labute approximate surface area is 236 Å². The number of thioether (sulfide) groups is 1. The van der Waals surface area contributed by atoms with Crippen molar-refractivity contribution in [3.05, 3.63) is 48.0 Å². The molecule has 0 aromatic heterocycles. The summed E-state index contributed by atoms with van der Waals surface area (Å²) >= 11 is 1.86. The summed E-state index contributed by atoms with van der Waals surface area (Å²) in [6, 6.07) is 13.4. The van der Waals surface area contributed by atoms with Gasteiger partial charge in [0, 0.05) is 26.1 Å². The minimum absolute atomic E-state index is 0.00740. The monoisotopic (exact) mass is 560 g/mol. The first-order valence-electron chi connectivity index (χ1n) is 13.5. The highest BCUT2D eigenvalue weighted by Gasteiger charge is 2.26. The summed E-state index contributed by atoms with van der Waals surface area (Å²) in [5.41, 5.74) is 1.03. The molecular weight excluding hydrogens is 516 g/mol. The lowest BCUT2D eigenvalue weighted by Crippen LogP contribution is -2.45. The molecule has 0 spiro atoms. The maximum absolute atomic E-state index is 12.2. The van der Waals surface area contributed by atoms with Crippen LogP contribution in [-0.2, 0) is 25.7 Å². The highest BCUT2D eigenvalue weighted by molar-refractivity contribution is 7.98. The standard InChI is InChI=1S/C22H26N4O5.C4H10.C3H8S/c27-19-9-8-18(25-19)22(31)23-10-11-26(14-20(28)24-12-21(29)30)13-16-6-3-5-15-4-1-2-7-17(15)16;2*1-3-4-2/h1-7,18H,8-14H2,(H,23,31)(H,24,28)(H,25,27)(H,29,30);3-4H2,1-2H3;3H2,1-2H3/t18-;;/m0../s1. The molecule has 0 aliphatic carbocycles. The van der Waals surface area contributed by atoms with Crippen molar-refractivity contribution in [2.75, 3.05) is 38.2 Å². The van der Waals surface area contributed by atoms with Gasteiger partial charge in [-0.2, -0.15) is 11.8 Å². The molecule has 39 heavy (non-hydrogen) atoms. The van der Waals surface area contributed by atoms with Crippen molar-refractivity contribution in [3.8, 4) is 0 Å². The van der Waals surface area contributed by atoms with E-state index < -0.39 is 24.5 Å². The Morgan fingerprint density at radius 2 is 1.72 bits per heavy atom. The molecular formula is C29H44N4O5S. The van der Waals surface area contributed by atoms with Gasteiger partial charge in [-0.3, -0.25) is 24.1 Å². The Morgan fingerprint density at radius 3 is 2.31 bits per heavy atom. The number of nitrogens with one attached hydrogen (secondary N) is 3. The van der Waals surface area contributed by atoms with Gasteiger partial charge in [-0.05, 0) is 34.8 Å². The van der Waals surface area contributed by atoms with E-state index in [0.29, 0.717) is 32.5 Å². The molecule has 10 heteroatoms. The second kappa shape index (κ2) is 19.9. The molecule has 0 unspecified atom stereocenters. The van der Waals surface area contributed by atoms with Crippen LogP contribution in [0.25, 0.3) is 10.8 Å². The van der Waals surface area contributed by atoms with E-state index in [1.807, 2.05) is 59.1 Å². The lowest BCUT2D eigenvalue weighted by molar-refractivity contribution is -0.138. The number of rotatable bonds is 12. The molecule has 1 atom stereocenters. The summed E-state index contributed by atoms with van der Waals surface area (Å²) in [7, 11) is 0. The van der Waals surface area contributed by atoms with Crippen LogP contribution in [0.15, 0.2) is 42.5 Å². The molecule has 1 fully saturated rings. The van der Waals surface area contributed by atoms with Gasteiger partial charge in [-0.15, -0.1) is 0 Å². The zero-order valence-corrected chi connectivity index (χ0v) is 24.4. The van der Waals surface area contributed by atoms with Gasteiger partial charge in [-0.25, -0.2) is 0 Å². The van der Waals surface area contributed by atoms with Crippen molar-refractivity contribution in [1.82, 2.24) is 20.9 Å². The minimum Gasteiger partial charge on any atom is -0.480 e. The second-order valence-electron chi connectivity index (χ2n) is 9.05. The van der Waals surface area contributed by atoms with Crippen LogP contribution in [0.1, 0.15) is 52.0 Å². The van der Waals surface area contributed by atoms with Crippen LogP contribution in [0.3, 0.4) is 0 Å². The zero-order chi connectivity index (χ0) is 29.0. The largest absolute Gasteiger partial charge is 0.480 e. The summed E-state index contributed by atoms with van der Waals surface area (Å²) in [5, 5.41) is 18.7. The van der Waals surface area contributed by atoms with Gasteiger partial charge in [0.25, 0.3) is 0 Å². The van der Waals surface area contributed by atoms with Crippen LogP contribution in [0.5, 0.6) is 0 Å². The Morgan fingerprint density at radius 1 is 1.05 bits per heavy atom. The average Bonchev–Trinajstić information content (AvgIpc) is 3.38. The fourth-order valence-electron chi connectivity index (χ4n) is 3.59. The summed E-state index contributed by atoms with van der Waals surface area (Å²) in [4.78, 5) is 48.3. The number of fused-ring (bicyclic) bond motifs is 1. The average molecular weight is 561 g/mol. The van der Waals surface area contributed by atoms with Crippen LogP contribution in [-0.4, -0.2) is 77.9 Å². The molecule has 2 aromatic rings. The predicted octanol–water partition coefficient (Wildman–Crippen LogP) is 3.41. The van der Waals surface area contributed by atoms with Gasteiger partial charge in [0.15, 0.2) is 0 Å². The number of carboxylic acids is 1. The number of carbonyl (C=O) groups excluding carboxylic acids is 3. The van der Waals surface area contributed by atoms with E-state index in [4.69, 9.17) is 5.11 Å². The van der Waals surface area contributed by atoms with E-state index in [1.54, 1.807) is 0 Å². The van der Waals surface area contributed by atoms with E-state index in [9.17, 15) is 19.2 Å². The smallest absolute Gasteiger partial charge is 0.322 e. The number of benzene rings is 2. The van der Waals surface area contributed by atoms with Crippen LogP contribution < -0.4 is 16.0 Å². The molecule has 1 saturated heterocycles. The normalized spacial score (nSPS) is 14.0. The molecule has 1 aliphatic heterocycles. The van der Waals surface area contributed by atoms with E-state index in [2.05, 4.69) is 43.0 Å². The lowest BCUT2D eigenvalue weighted by Gasteiger charge is -2.23. The van der Waals surface area contributed by atoms with E-state index in [0.717, 1.165) is 16.3 Å². The van der Waals surface area contributed by atoms with E-state index >= 15 is 0 Å². The number of amides is 3. The maximum atomic E-state index is 12.2. The number of carbonyl (C=O) groups is 4. The third kappa shape index (κ3) is 14.0. The topological polar surface area (TPSA) is 128 Å². The number of hydrogen-bond donors (Lipinski definition) is 4. The summed E-state index contributed by atoms with van der Waals surface area (Å²) in [6.07, 6.45) is 5.55. The summed E-state index contributed by atoms with van der Waals surface area (Å²) in [5.74, 6) is -0.657. The number of nitrogens with zero attached hydrogens (tertiary/aromatic N) is 1. The van der Waals surface area contributed by atoms with Gasteiger partial charge in [0.1, 0.15) is 12.6 Å². The summed E-state index contributed by atoms with van der Waals surface area (Å²) in [6.45, 7) is 7.19. The van der Waals surface area contributed by atoms with Gasteiger partial charge < -0.3 is 21.1 Å². The van der Waals surface area contributed by atoms with Crippen molar-refractivity contribution in [2.24, 2.45) is 0 Å². The minimum atomic E-state index is -1.11. The first kappa shape index (κ1) is 33.9.